The molecule has 0 aliphatic heterocycles. The monoisotopic (exact) mass is 882 g/mol. The highest BCUT2D eigenvalue weighted by Gasteiger charge is 2.23. The highest BCUT2D eigenvalue weighted by Crippen LogP contribution is 2.40. The summed E-state index contributed by atoms with van der Waals surface area (Å²) >= 11 is 0. The summed E-state index contributed by atoms with van der Waals surface area (Å²) in [6.07, 6.45) is 0. The molecule has 336 valence electrons. The molecule has 8 aromatic carbocycles. The zero-order chi connectivity index (χ0) is 47.9. The molecule has 0 atom stereocenters. The second-order valence-electron chi connectivity index (χ2n) is 22.9. The number of aromatic nitrogens is 2. The van der Waals surface area contributed by atoms with Crippen LogP contribution >= 0.6 is 0 Å². The Morgan fingerprint density at radius 1 is 0.279 bits per heavy atom. The van der Waals surface area contributed by atoms with Gasteiger partial charge in [-0.25, -0.2) is 0 Å². The summed E-state index contributed by atoms with van der Waals surface area (Å²) in [5.74, 6) is 14.0. The van der Waals surface area contributed by atoms with Crippen LogP contribution in [0.3, 0.4) is 0 Å². The lowest BCUT2D eigenvalue weighted by molar-refractivity contribution is 0.590. The van der Waals surface area contributed by atoms with Crippen LogP contribution < -0.4 is 0 Å². The van der Waals surface area contributed by atoms with E-state index in [0.717, 1.165) is 44.4 Å². The van der Waals surface area contributed by atoms with Gasteiger partial charge in [-0.1, -0.05) is 155 Å². The van der Waals surface area contributed by atoms with Crippen molar-refractivity contribution in [1.82, 2.24) is 9.13 Å². The second kappa shape index (κ2) is 16.2. The van der Waals surface area contributed by atoms with E-state index < -0.39 is 0 Å². The van der Waals surface area contributed by atoms with E-state index >= 15 is 0 Å². The van der Waals surface area contributed by atoms with Crippen molar-refractivity contribution in [3.05, 3.63) is 202 Å². The first-order chi connectivity index (χ1) is 32.2. The van der Waals surface area contributed by atoms with Gasteiger partial charge in [0, 0.05) is 55.2 Å². The van der Waals surface area contributed by atoms with Gasteiger partial charge in [-0.05, 0) is 164 Å². The predicted molar refractivity (Wildman–Crippen MR) is 292 cm³/mol. The first-order valence-electron chi connectivity index (χ1n) is 24.2. The van der Waals surface area contributed by atoms with E-state index in [1.165, 1.54) is 65.9 Å². The van der Waals surface area contributed by atoms with E-state index in [0.29, 0.717) is 0 Å². The molecule has 0 aliphatic carbocycles. The Labute approximate surface area is 403 Å². The molecule has 0 bridgehead atoms. The van der Waals surface area contributed by atoms with Crippen molar-refractivity contribution < 1.29 is 0 Å². The maximum absolute atomic E-state index is 3.52. The number of benzene rings is 8. The normalized spacial score (nSPS) is 12.5. The van der Waals surface area contributed by atoms with Crippen molar-refractivity contribution in [2.75, 3.05) is 0 Å². The minimum Gasteiger partial charge on any atom is -0.309 e. The molecule has 0 amide bonds. The van der Waals surface area contributed by atoms with Crippen molar-refractivity contribution in [3.63, 3.8) is 0 Å². The molecular formula is C66H62N2. The highest BCUT2D eigenvalue weighted by molar-refractivity contribution is 6.11. The molecule has 0 saturated heterocycles. The number of hydrogen-bond acceptors (Lipinski definition) is 0. The fourth-order valence-electron chi connectivity index (χ4n) is 9.65. The van der Waals surface area contributed by atoms with Gasteiger partial charge >= 0.3 is 0 Å². The van der Waals surface area contributed by atoms with Gasteiger partial charge in [-0.15, -0.1) is 0 Å². The summed E-state index contributed by atoms with van der Waals surface area (Å²) in [5, 5.41) is 7.37. The third-order valence-electron chi connectivity index (χ3n) is 13.9. The molecule has 2 nitrogen and oxygen atoms in total. The van der Waals surface area contributed by atoms with Gasteiger partial charge in [-0.2, -0.15) is 0 Å². The van der Waals surface area contributed by atoms with Crippen LogP contribution in [-0.4, -0.2) is 9.13 Å². The van der Waals surface area contributed by atoms with Gasteiger partial charge in [0.25, 0.3) is 0 Å². The molecule has 0 spiro atoms. The topological polar surface area (TPSA) is 9.86 Å². The predicted octanol–water partition coefficient (Wildman–Crippen LogP) is 17.0. The average molecular weight is 883 g/mol. The fraction of sp³-hybridized carbons (Fsp3) is 0.242. The maximum Gasteiger partial charge on any atom is 0.0541 e. The molecule has 0 radical (unpaired) electrons. The standard InChI is InChI=1S/C66H62N2/c1-63(2,3)47-27-35-59-55(39-47)56-40-48(64(4,5)6)28-36-60(56)67(59)51-31-19-43(20-32-51)17-23-45-25-26-46(54-16-14-13-15-53(45)54)24-18-44-21-33-52(34-22-44)68-61-37-29-49(65(7,8)9)41-57(61)58-42-50(66(10,11)12)30-38-62(58)68/h13-16,19-22,25-42H,1-12H3. The number of rotatable bonds is 2. The second-order valence-corrected chi connectivity index (χ2v) is 22.9. The first kappa shape index (κ1) is 44.6. The number of hydrogen-bond donors (Lipinski definition) is 0. The van der Waals surface area contributed by atoms with Crippen molar-refractivity contribution in [2.24, 2.45) is 0 Å². The van der Waals surface area contributed by atoms with E-state index in [-0.39, 0.29) is 21.7 Å². The summed E-state index contributed by atoms with van der Waals surface area (Å²) < 4.78 is 4.80. The van der Waals surface area contributed by atoms with Crippen LogP contribution in [0.25, 0.3) is 65.8 Å². The molecule has 68 heavy (non-hydrogen) atoms. The van der Waals surface area contributed by atoms with E-state index in [2.05, 4.69) is 274 Å². The van der Waals surface area contributed by atoms with Crippen LogP contribution in [0, 0.1) is 23.7 Å². The van der Waals surface area contributed by atoms with Crippen LogP contribution in [0.2, 0.25) is 0 Å². The number of nitrogens with zero attached hydrogens (tertiary/aromatic N) is 2. The first-order valence-corrected chi connectivity index (χ1v) is 24.2. The summed E-state index contributed by atoms with van der Waals surface area (Å²) in [6, 6.07) is 58.1. The van der Waals surface area contributed by atoms with Gasteiger partial charge < -0.3 is 9.13 Å². The largest absolute Gasteiger partial charge is 0.309 e. The minimum absolute atomic E-state index is 0.0583. The van der Waals surface area contributed by atoms with Crippen LogP contribution in [0.5, 0.6) is 0 Å². The maximum atomic E-state index is 3.52. The molecule has 10 aromatic rings. The van der Waals surface area contributed by atoms with E-state index in [9.17, 15) is 0 Å². The lowest BCUT2D eigenvalue weighted by Gasteiger charge is -2.19. The number of fused-ring (bicyclic) bond motifs is 7. The molecular weight excluding hydrogens is 821 g/mol. The summed E-state index contributed by atoms with van der Waals surface area (Å²) in [4.78, 5) is 0. The molecule has 10 rings (SSSR count). The molecule has 0 unspecified atom stereocenters. The van der Waals surface area contributed by atoms with Crippen LogP contribution in [-0.2, 0) is 21.7 Å². The summed E-state index contributed by atoms with van der Waals surface area (Å²) in [6.45, 7) is 27.5. The fourth-order valence-corrected chi connectivity index (χ4v) is 9.65. The molecule has 0 fully saturated rings. The van der Waals surface area contributed by atoms with Gasteiger partial charge in [0.2, 0.25) is 0 Å². The lowest BCUT2D eigenvalue weighted by atomic mass is 9.85. The Morgan fingerprint density at radius 2 is 0.559 bits per heavy atom. The Morgan fingerprint density at radius 3 is 0.824 bits per heavy atom. The van der Waals surface area contributed by atoms with Gasteiger partial charge in [0.1, 0.15) is 0 Å². The highest BCUT2D eigenvalue weighted by atomic mass is 15.0. The summed E-state index contributed by atoms with van der Waals surface area (Å²) in [7, 11) is 0. The lowest BCUT2D eigenvalue weighted by Crippen LogP contribution is -2.10. The zero-order valence-electron chi connectivity index (χ0n) is 41.9. The SMILES string of the molecule is CC(C)(C)c1ccc2c(c1)c1cc(C(C)(C)C)ccc1n2-c1ccc(C#Cc2ccc(C#Cc3ccc(-n4c5ccc(C(C)(C)C)cc5c5cc(C(C)(C)C)ccc54)cc3)c3ccccc23)cc1. The minimum atomic E-state index is 0.0583. The van der Waals surface area contributed by atoms with Crippen molar-refractivity contribution in [1.29, 1.82) is 0 Å². The van der Waals surface area contributed by atoms with Crippen LogP contribution in [0.15, 0.2) is 158 Å². The Bertz CT molecular complexity index is 3350. The van der Waals surface area contributed by atoms with Crippen molar-refractivity contribution in [2.45, 2.75) is 105 Å². The molecule has 2 heterocycles. The van der Waals surface area contributed by atoms with E-state index in [1.807, 2.05) is 0 Å². The van der Waals surface area contributed by atoms with Crippen LogP contribution in [0.4, 0.5) is 0 Å². The van der Waals surface area contributed by atoms with Crippen molar-refractivity contribution >= 4 is 54.4 Å². The Kier molecular flexibility index (Phi) is 10.6. The molecule has 0 N–H and O–H groups in total. The quantitative estimate of drug-likeness (QED) is 0.153. The average Bonchev–Trinajstić information content (AvgIpc) is 3.81. The Hall–Kier alpha value is -7.26. The third-order valence-corrected chi connectivity index (χ3v) is 13.9. The van der Waals surface area contributed by atoms with Gasteiger partial charge in [0.15, 0.2) is 0 Å². The van der Waals surface area contributed by atoms with Crippen molar-refractivity contribution in [3.8, 4) is 35.1 Å². The third kappa shape index (κ3) is 8.18. The Balaban J connectivity index is 0.944. The van der Waals surface area contributed by atoms with Gasteiger partial charge in [-0.3, -0.25) is 0 Å². The van der Waals surface area contributed by atoms with Crippen LogP contribution in [0.1, 0.15) is 128 Å². The zero-order valence-corrected chi connectivity index (χ0v) is 41.9. The molecule has 0 aliphatic rings. The molecule has 0 saturated carbocycles. The molecule has 2 heteroatoms. The van der Waals surface area contributed by atoms with Gasteiger partial charge in [0.05, 0.1) is 22.1 Å². The smallest absolute Gasteiger partial charge is 0.0541 e. The molecule has 2 aromatic heterocycles. The van der Waals surface area contributed by atoms with E-state index in [1.54, 1.807) is 0 Å². The van der Waals surface area contributed by atoms with E-state index in [4.69, 9.17) is 0 Å². The summed E-state index contributed by atoms with van der Waals surface area (Å²) in [5.41, 5.74) is 16.6.